The van der Waals surface area contributed by atoms with E-state index in [0.29, 0.717) is 44.8 Å². The number of nitrogens with one attached hydrogen (secondary N) is 1. The number of carbonyl (C=O) groups excluding carboxylic acids is 1. The molecular formula is C17H21F3N2O5S. The zero-order valence-electron chi connectivity index (χ0n) is 14.9. The Kier molecular flexibility index (Phi) is 6.28. The van der Waals surface area contributed by atoms with Crippen LogP contribution in [-0.4, -0.2) is 63.3 Å². The molecule has 156 valence electrons. The minimum absolute atomic E-state index is 0.0202. The number of hydrogen-bond donors (Lipinski definition) is 1. The number of hydrogen-bond acceptors (Lipinski definition) is 6. The van der Waals surface area contributed by atoms with Crippen molar-refractivity contribution >= 4 is 15.7 Å². The summed E-state index contributed by atoms with van der Waals surface area (Å²) in [6, 6.07) is 4.79. The fourth-order valence-electron chi connectivity index (χ4n) is 2.98. The Hall–Kier alpha value is -1.69. The number of benzene rings is 1. The Labute approximate surface area is 160 Å². The maximum Gasteiger partial charge on any atom is 0.501 e. The van der Waals surface area contributed by atoms with Crippen LogP contribution < -0.4 is 5.32 Å². The highest BCUT2D eigenvalue weighted by Crippen LogP contribution is 2.30. The van der Waals surface area contributed by atoms with Gasteiger partial charge in [0.05, 0.1) is 30.9 Å². The number of alkyl halides is 3. The molecule has 0 aromatic heterocycles. The van der Waals surface area contributed by atoms with E-state index in [4.69, 9.17) is 9.47 Å². The predicted octanol–water partition coefficient (Wildman–Crippen LogP) is 1.43. The third-order valence-electron chi connectivity index (χ3n) is 4.70. The van der Waals surface area contributed by atoms with E-state index < -0.39 is 20.2 Å². The van der Waals surface area contributed by atoms with Crippen molar-refractivity contribution < 1.29 is 35.9 Å². The number of halogens is 3. The van der Waals surface area contributed by atoms with Crippen LogP contribution in [0.4, 0.5) is 13.2 Å². The maximum absolute atomic E-state index is 12.6. The summed E-state index contributed by atoms with van der Waals surface area (Å²) in [4.78, 5) is 12.9. The second-order valence-corrected chi connectivity index (χ2v) is 8.72. The average molecular weight is 422 g/mol. The topological polar surface area (TPSA) is 84.9 Å². The van der Waals surface area contributed by atoms with E-state index in [0.717, 1.165) is 12.1 Å². The van der Waals surface area contributed by atoms with Crippen molar-refractivity contribution in [3.8, 4) is 0 Å². The number of amides is 1. The first kappa shape index (κ1) is 21.0. The van der Waals surface area contributed by atoms with Crippen LogP contribution in [0.2, 0.25) is 0 Å². The minimum Gasteiger partial charge on any atom is -0.370 e. The van der Waals surface area contributed by atoms with Gasteiger partial charge in [0, 0.05) is 25.6 Å². The fraction of sp³-hybridized carbons (Fsp3) is 0.588. The van der Waals surface area contributed by atoms with Gasteiger partial charge < -0.3 is 14.4 Å². The summed E-state index contributed by atoms with van der Waals surface area (Å²) in [5.41, 5.74) is -5.02. The third-order valence-corrected chi connectivity index (χ3v) is 6.18. The highest BCUT2D eigenvalue weighted by Gasteiger charge is 2.46. The first-order valence-corrected chi connectivity index (χ1v) is 10.3. The molecule has 0 spiro atoms. The number of ether oxygens (including phenoxy) is 2. The van der Waals surface area contributed by atoms with Crippen molar-refractivity contribution in [3.63, 3.8) is 0 Å². The Morgan fingerprint density at radius 3 is 2.71 bits per heavy atom. The van der Waals surface area contributed by atoms with Crippen LogP contribution in [0.1, 0.15) is 18.4 Å². The van der Waals surface area contributed by atoms with E-state index in [1.807, 2.05) is 0 Å². The summed E-state index contributed by atoms with van der Waals surface area (Å²) in [6.45, 7) is 1.89. The van der Waals surface area contributed by atoms with Gasteiger partial charge in [0.1, 0.15) is 0 Å². The molecule has 2 aliphatic heterocycles. The van der Waals surface area contributed by atoms with Gasteiger partial charge in [0.2, 0.25) is 5.91 Å². The summed E-state index contributed by atoms with van der Waals surface area (Å²) in [5, 5.41) is 3.13. The molecule has 7 nitrogen and oxygen atoms in total. The smallest absolute Gasteiger partial charge is 0.370 e. The Morgan fingerprint density at radius 1 is 1.32 bits per heavy atom. The molecule has 1 amide bonds. The van der Waals surface area contributed by atoms with Gasteiger partial charge in [-0.15, -0.1) is 0 Å². The Bertz CT molecular complexity index is 803. The number of carbonyl (C=O) groups is 1. The molecule has 0 saturated carbocycles. The van der Waals surface area contributed by atoms with Gasteiger partial charge in [-0.2, -0.15) is 13.2 Å². The lowest BCUT2D eigenvalue weighted by molar-refractivity contribution is -0.146. The van der Waals surface area contributed by atoms with Gasteiger partial charge >= 0.3 is 5.51 Å². The molecule has 1 aromatic rings. The molecule has 2 aliphatic rings. The standard InChI is InChI=1S/C17H21F3N2O5S/c18-17(19,20)28(24,25)15-3-1-2-12(6-15)9-27-14-7-22(8-14)16(23)5-4-13-10-26-11-21-13/h1-3,6,13-14,21H,4-5,7-11H2/t13-/m1/s1. The van der Waals surface area contributed by atoms with Gasteiger partial charge in [-0.05, 0) is 24.1 Å². The van der Waals surface area contributed by atoms with Gasteiger partial charge in [-0.1, -0.05) is 12.1 Å². The summed E-state index contributed by atoms with van der Waals surface area (Å²) >= 11 is 0. The number of likely N-dealkylation sites (tertiary alicyclic amines) is 1. The summed E-state index contributed by atoms with van der Waals surface area (Å²) in [6.07, 6.45) is 0.881. The van der Waals surface area contributed by atoms with Crippen molar-refractivity contribution in [2.24, 2.45) is 0 Å². The van der Waals surface area contributed by atoms with Gasteiger partial charge in [-0.25, -0.2) is 8.42 Å². The van der Waals surface area contributed by atoms with Gasteiger partial charge in [0.15, 0.2) is 0 Å². The lowest BCUT2D eigenvalue weighted by Crippen LogP contribution is -2.54. The number of sulfone groups is 1. The van der Waals surface area contributed by atoms with Crippen molar-refractivity contribution in [2.75, 3.05) is 26.4 Å². The van der Waals surface area contributed by atoms with Crippen LogP contribution in [0.15, 0.2) is 29.2 Å². The van der Waals surface area contributed by atoms with Crippen LogP contribution in [0.3, 0.4) is 0 Å². The summed E-state index contributed by atoms with van der Waals surface area (Å²) in [5.74, 6) is 0.0202. The molecule has 28 heavy (non-hydrogen) atoms. The lowest BCUT2D eigenvalue weighted by Gasteiger charge is -2.39. The molecule has 2 saturated heterocycles. The fourth-order valence-corrected chi connectivity index (χ4v) is 3.81. The average Bonchev–Trinajstić information content (AvgIpc) is 3.11. The summed E-state index contributed by atoms with van der Waals surface area (Å²) < 4.78 is 71.6. The number of nitrogens with zero attached hydrogens (tertiary/aromatic N) is 1. The second kappa shape index (κ2) is 8.36. The van der Waals surface area contributed by atoms with E-state index in [1.165, 1.54) is 12.1 Å². The minimum atomic E-state index is -5.39. The molecule has 0 unspecified atom stereocenters. The van der Waals surface area contributed by atoms with E-state index in [1.54, 1.807) is 4.90 Å². The Balaban J connectivity index is 1.44. The molecule has 0 radical (unpaired) electrons. The first-order valence-electron chi connectivity index (χ1n) is 8.77. The molecule has 1 atom stereocenters. The van der Waals surface area contributed by atoms with Crippen molar-refractivity contribution in [2.45, 2.75) is 42.0 Å². The van der Waals surface area contributed by atoms with Crippen LogP contribution in [0.5, 0.6) is 0 Å². The predicted molar refractivity (Wildman–Crippen MR) is 91.8 cm³/mol. The van der Waals surface area contributed by atoms with E-state index in [2.05, 4.69) is 5.32 Å². The van der Waals surface area contributed by atoms with Crippen LogP contribution in [-0.2, 0) is 30.7 Å². The first-order chi connectivity index (χ1) is 13.2. The summed E-state index contributed by atoms with van der Waals surface area (Å²) in [7, 11) is -5.39. The van der Waals surface area contributed by atoms with E-state index in [9.17, 15) is 26.4 Å². The van der Waals surface area contributed by atoms with Crippen LogP contribution in [0, 0.1) is 0 Å². The molecule has 3 rings (SSSR count). The van der Waals surface area contributed by atoms with Crippen molar-refractivity contribution in [1.82, 2.24) is 10.2 Å². The zero-order chi connectivity index (χ0) is 20.4. The second-order valence-electron chi connectivity index (χ2n) is 6.78. The highest BCUT2D eigenvalue weighted by molar-refractivity contribution is 7.92. The maximum atomic E-state index is 12.6. The van der Waals surface area contributed by atoms with E-state index in [-0.39, 0.29) is 24.7 Å². The van der Waals surface area contributed by atoms with Crippen LogP contribution in [0.25, 0.3) is 0 Å². The molecule has 11 heteroatoms. The normalized spacial score (nSPS) is 21.0. The molecular weight excluding hydrogens is 401 g/mol. The van der Waals surface area contributed by atoms with E-state index >= 15 is 0 Å². The SMILES string of the molecule is O=C(CC[C@@H]1COCN1)N1CC(OCc2cccc(S(=O)(=O)C(F)(F)F)c2)C1. The highest BCUT2D eigenvalue weighted by atomic mass is 32.2. The zero-order valence-corrected chi connectivity index (χ0v) is 15.8. The number of rotatable bonds is 7. The molecule has 1 N–H and O–H groups in total. The van der Waals surface area contributed by atoms with Crippen LogP contribution >= 0.6 is 0 Å². The van der Waals surface area contributed by atoms with Crippen molar-refractivity contribution in [3.05, 3.63) is 29.8 Å². The molecule has 2 fully saturated rings. The quantitative estimate of drug-likeness (QED) is 0.716. The van der Waals surface area contributed by atoms with Gasteiger partial charge in [-0.3, -0.25) is 10.1 Å². The van der Waals surface area contributed by atoms with Crippen molar-refractivity contribution in [1.29, 1.82) is 0 Å². The lowest BCUT2D eigenvalue weighted by atomic mass is 10.1. The monoisotopic (exact) mass is 422 g/mol. The molecule has 0 aliphatic carbocycles. The molecule has 2 heterocycles. The third kappa shape index (κ3) is 4.83. The Morgan fingerprint density at radius 2 is 2.07 bits per heavy atom. The molecule has 0 bridgehead atoms. The largest absolute Gasteiger partial charge is 0.501 e. The van der Waals surface area contributed by atoms with Gasteiger partial charge in [0.25, 0.3) is 9.84 Å². The molecule has 1 aromatic carbocycles.